The van der Waals surface area contributed by atoms with E-state index in [0.717, 1.165) is 4.47 Å². The summed E-state index contributed by atoms with van der Waals surface area (Å²) >= 11 is 13.0. The number of aromatic nitrogens is 2. The van der Waals surface area contributed by atoms with Crippen molar-refractivity contribution in [2.75, 3.05) is 11.9 Å². The molecule has 1 amide bonds. The highest BCUT2D eigenvalue weighted by atomic mass is 79.9. The van der Waals surface area contributed by atoms with E-state index in [4.69, 9.17) is 16.3 Å². The molecule has 0 aliphatic carbocycles. The molecule has 0 aliphatic rings. The van der Waals surface area contributed by atoms with Gasteiger partial charge in [0.05, 0.1) is 21.6 Å². The zero-order chi connectivity index (χ0) is 26.7. The average Bonchev–Trinajstić information content (AvgIpc) is 2.82. The monoisotopic (exact) mass is 648 g/mol. The molecule has 0 saturated heterocycles. The predicted molar refractivity (Wildman–Crippen MR) is 150 cm³/mol. The molecular weight excluding hydrogens is 631 g/mol. The quantitative estimate of drug-likeness (QED) is 0.225. The summed E-state index contributed by atoms with van der Waals surface area (Å²) < 4.78 is 21.6. The van der Waals surface area contributed by atoms with E-state index in [9.17, 15) is 14.0 Å². The maximum absolute atomic E-state index is 13.4. The number of carbonyl (C=O) groups is 1. The molecule has 0 spiro atoms. The number of hydrogen-bond donors (Lipinski definition) is 1. The predicted octanol–water partition coefficient (Wildman–Crippen LogP) is 6.74. The van der Waals surface area contributed by atoms with Crippen molar-refractivity contribution >= 4 is 72.2 Å². The van der Waals surface area contributed by atoms with E-state index >= 15 is 0 Å². The van der Waals surface area contributed by atoms with Crippen LogP contribution in [0.1, 0.15) is 31.2 Å². The molecule has 0 bridgehead atoms. The summed E-state index contributed by atoms with van der Waals surface area (Å²) in [5.41, 5.74) is 0.974. The van der Waals surface area contributed by atoms with Crippen LogP contribution in [0.15, 0.2) is 73.4 Å². The third-order valence-corrected chi connectivity index (χ3v) is 6.46. The van der Waals surface area contributed by atoms with Gasteiger partial charge in [0.25, 0.3) is 11.5 Å². The van der Waals surface area contributed by atoms with Crippen molar-refractivity contribution in [3.05, 3.63) is 96.1 Å². The minimum absolute atomic E-state index is 0.0915. The summed E-state index contributed by atoms with van der Waals surface area (Å²) in [6.45, 7) is 3.47. The molecule has 0 radical (unpaired) electrons. The SMILES string of the molecule is CC(C)c1nc2ccc(Br)cc2c(=O)n1N=Cc1cc(Cl)cc(Br)c1OCC(=O)Nc1cccc(F)c1. The fourth-order valence-electron chi connectivity index (χ4n) is 3.50. The van der Waals surface area contributed by atoms with E-state index in [2.05, 4.69) is 47.3 Å². The number of carbonyl (C=O) groups excluding carboxylic acids is 1. The van der Waals surface area contributed by atoms with Crippen LogP contribution in [0.5, 0.6) is 5.75 Å². The molecule has 0 fully saturated rings. The number of halogens is 4. The van der Waals surface area contributed by atoms with Crippen LogP contribution in [0, 0.1) is 5.82 Å². The second kappa shape index (κ2) is 11.5. The average molecular weight is 651 g/mol. The first-order chi connectivity index (χ1) is 17.6. The van der Waals surface area contributed by atoms with Crippen molar-refractivity contribution in [2.45, 2.75) is 19.8 Å². The molecule has 0 aliphatic heterocycles. The third kappa shape index (κ3) is 6.44. The van der Waals surface area contributed by atoms with Crippen molar-refractivity contribution in [1.82, 2.24) is 9.66 Å². The number of ether oxygens (including phenoxy) is 1. The Morgan fingerprint density at radius 1 is 1.22 bits per heavy atom. The van der Waals surface area contributed by atoms with Gasteiger partial charge in [0, 0.05) is 26.7 Å². The molecule has 0 saturated carbocycles. The molecule has 37 heavy (non-hydrogen) atoms. The van der Waals surface area contributed by atoms with Crippen LogP contribution < -0.4 is 15.6 Å². The molecule has 0 unspecified atom stereocenters. The molecule has 7 nitrogen and oxygen atoms in total. The van der Waals surface area contributed by atoms with Crippen LogP contribution in [0.2, 0.25) is 5.02 Å². The molecular formula is C26H20Br2ClFN4O3. The Morgan fingerprint density at radius 3 is 2.73 bits per heavy atom. The van der Waals surface area contributed by atoms with E-state index in [1.54, 1.807) is 30.3 Å². The topological polar surface area (TPSA) is 85.6 Å². The van der Waals surface area contributed by atoms with E-state index < -0.39 is 11.7 Å². The van der Waals surface area contributed by atoms with Crippen molar-refractivity contribution in [1.29, 1.82) is 0 Å². The van der Waals surface area contributed by atoms with Gasteiger partial charge in [-0.05, 0) is 64.5 Å². The van der Waals surface area contributed by atoms with Gasteiger partial charge in [-0.15, -0.1) is 0 Å². The number of rotatable bonds is 7. The first-order valence-corrected chi connectivity index (χ1v) is 13.0. The zero-order valence-corrected chi connectivity index (χ0v) is 23.6. The molecule has 1 heterocycles. The second-order valence-corrected chi connectivity index (χ2v) is 10.5. The lowest BCUT2D eigenvalue weighted by molar-refractivity contribution is -0.118. The Kier molecular flexibility index (Phi) is 8.41. The van der Waals surface area contributed by atoms with Gasteiger partial charge in [-0.25, -0.2) is 9.37 Å². The van der Waals surface area contributed by atoms with Crippen molar-refractivity contribution in [3.8, 4) is 5.75 Å². The van der Waals surface area contributed by atoms with E-state index in [1.807, 2.05) is 19.9 Å². The molecule has 0 atom stereocenters. The summed E-state index contributed by atoms with van der Waals surface area (Å²) in [7, 11) is 0. The zero-order valence-electron chi connectivity index (χ0n) is 19.6. The molecule has 1 N–H and O–H groups in total. The molecule has 4 rings (SSSR count). The lowest BCUT2D eigenvalue weighted by Crippen LogP contribution is -2.23. The fraction of sp³-hybridized carbons (Fsp3) is 0.154. The molecule has 11 heteroatoms. The van der Waals surface area contributed by atoms with Crippen LogP contribution in [0.3, 0.4) is 0 Å². The van der Waals surface area contributed by atoms with Gasteiger partial charge in [-0.1, -0.05) is 47.4 Å². The Labute approximate surface area is 233 Å². The van der Waals surface area contributed by atoms with Crippen LogP contribution >= 0.6 is 43.5 Å². The molecule has 190 valence electrons. The van der Waals surface area contributed by atoms with Gasteiger partial charge in [-0.3, -0.25) is 9.59 Å². The van der Waals surface area contributed by atoms with Gasteiger partial charge in [0.1, 0.15) is 17.4 Å². The number of amides is 1. The van der Waals surface area contributed by atoms with Gasteiger partial charge in [0.2, 0.25) is 0 Å². The molecule has 3 aromatic carbocycles. The first kappa shape index (κ1) is 27.0. The Bertz CT molecular complexity index is 1590. The second-order valence-electron chi connectivity index (χ2n) is 8.30. The van der Waals surface area contributed by atoms with Gasteiger partial charge >= 0.3 is 0 Å². The maximum atomic E-state index is 13.4. The Balaban J connectivity index is 1.66. The van der Waals surface area contributed by atoms with E-state index in [-0.39, 0.29) is 23.8 Å². The van der Waals surface area contributed by atoms with Gasteiger partial charge < -0.3 is 10.1 Å². The van der Waals surface area contributed by atoms with Crippen molar-refractivity contribution < 1.29 is 13.9 Å². The fourth-order valence-corrected chi connectivity index (χ4v) is 4.81. The normalized spacial score (nSPS) is 11.4. The molecule has 4 aromatic rings. The Morgan fingerprint density at radius 2 is 2.00 bits per heavy atom. The number of anilines is 1. The lowest BCUT2D eigenvalue weighted by Gasteiger charge is -2.14. The molecule has 1 aromatic heterocycles. The Hall–Kier alpha value is -3.08. The van der Waals surface area contributed by atoms with Crippen LogP contribution in [-0.2, 0) is 4.79 Å². The number of fused-ring (bicyclic) bond motifs is 1. The highest BCUT2D eigenvalue weighted by molar-refractivity contribution is 9.10. The van der Waals surface area contributed by atoms with Gasteiger partial charge in [0.15, 0.2) is 6.61 Å². The standard InChI is InChI=1S/C26H20Br2ClFN4O3/c1-14(2)25-33-22-7-6-16(27)9-20(22)26(36)34(25)31-12-15-8-17(29)10-21(28)24(15)37-13-23(35)32-19-5-3-4-18(30)11-19/h3-12,14H,13H2,1-2H3,(H,32,35). The highest BCUT2D eigenvalue weighted by Crippen LogP contribution is 2.32. The summed E-state index contributed by atoms with van der Waals surface area (Å²) in [4.78, 5) is 30.3. The minimum atomic E-state index is -0.488. The number of nitrogens with zero attached hydrogens (tertiary/aromatic N) is 3. The third-order valence-electron chi connectivity index (χ3n) is 5.16. The highest BCUT2D eigenvalue weighted by Gasteiger charge is 2.16. The van der Waals surface area contributed by atoms with Crippen molar-refractivity contribution in [3.63, 3.8) is 0 Å². The summed E-state index contributed by atoms with van der Waals surface area (Å²) in [5.74, 6) is -0.277. The van der Waals surface area contributed by atoms with Crippen molar-refractivity contribution in [2.24, 2.45) is 5.10 Å². The number of benzene rings is 3. The lowest BCUT2D eigenvalue weighted by atomic mass is 10.2. The summed E-state index contributed by atoms with van der Waals surface area (Å²) in [6, 6.07) is 14.0. The smallest absolute Gasteiger partial charge is 0.282 e. The number of nitrogens with one attached hydrogen (secondary N) is 1. The van der Waals surface area contributed by atoms with Crippen LogP contribution in [0.4, 0.5) is 10.1 Å². The van der Waals surface area contributed by atoms with E-state index in [1.165, 1.54) is 29.1 Å². The largest absolute Gasteiger partial charge is 0.482 e. The van der Waals surface area contributed by atoms with Crippen LogP contribution in [-0.4, -0.2) is 28.4 Å². The van der Waals surface area contributed by atoms with E-state index in [0.29, 0.717) is 37.5 Å². The maximum Gasteiger partial charge on any atom is 0.282 e. The first-order valence-electron chi connectivity index (χ1n) is 11.1. The van der Waals surface area contributed by atoms with Gasteiger partial charge in [-0.2, -0.15) is 9.78 Å². The minimum Gasteiger partial charge on any atom is -0.482 e. The van der Waals surface area contributed by atoms with Crippen LogP contribution in [0.25, 0.3) is 10.9 Å². The number of hydrogen-bond acceptors (Lipinski definition) is 5. The summed E-state index contributed by atoms with van der Waals surface area (Å²) in [5, 5.41) is 7.80. The summed E-state index contributed by atoms with van der Waals surface area (Å²) in [6.07, 6.45) is 1.43.